The molecule has 21 heavy (non-hydrogen) atoms. The fourth-order valence-corrected chi connectivity index (χ4v) is 3.28. The SMILES string of the molecule is CCCNc1ncnc(NC2CCCC(C)(C)C2)c1CC. The van der Waals surface area contributed by atoms with Gasteiger partial charge in [-0.25, -0.2) is 9.97 Å². The molecular formula is C17H30N4. The van der Waals surface area contributed by atoms with Gasteiger partial charge in [0.2, 0.25) is 0 Å². The second-order valence-electron chi connectivity index (χ2n) is 6.93. The quantitative estimate of drug-likeness (QED) is 0.822. The number of nitrogens with zero attached hydrogens (tertiary/aromatic N) is 2. The van der Waals surface area contributed by atoms with Gasteiger partial charge in [-0.2, -0.15) is 0 Å². The van der Waals surface area contributed by atoms with E-state index in [-0.39, 0.29) is 0 Å². The fraction of sp³-hybridized carbons (Fsp3) is 0.765. The number of rotatable bonds is 6. The third-order valence-corrected chi connectivity index (χ3v) is 4.39. The molecule has 1 atom stereocenters. The Morgan fingerprint density at radius 2 is 2.00 bits per heavy atom. The molecule has 0 spiro atoms. The standard InChI is InChI=1S/C17H30N4/c1-5-10-18-15-14(6-2)16(20-12-19-15)21-13-8-7-9-17(3,4)11-13/h12-13H,5-11H2,1-4H3,(H2,18,19,20,21). The average Bonchev–Trinajstić information content (AvgIpc) is 2.44. The lowest BCUT2D eigenvalue weighted by Crippen LogP contribution is -2.32. The van der Waals surface area contributed by atoms with Crippen LogP contribution in [-0.4, -0.2) is 22.6 Å². The van der Waals surface area contributed by atoms with Crippen molar-refractivity contribution in [2.75, 3.05) is 17.2 Å². The smallest absolute Gasteiger partial charge is 0.134 e. The lowest BCUT2D eigenvalue weighted by molar-refractivity contribution is 0.229. The highest BCUT2D eigenvalue weighted by molar-refractivity contribution is 5.57. The van der Waals surface area contributed by atoms with E-state index >= 15 is 0 Å². The topological polar surface area (TPSA) is 49.8 Å². The monoisotopic (exact) mass is 290 g/mol. The molecule has 0 bridgehead atoms. The Morgan fingerprint density at radius 3 is 2.67 bits per heavy atom. The van der Waals surface area contributed by atoms with Gasteiger partial charge in [0.1, 0.15) is 18.0 Å². The van der Waals surface area contributed by atoms with Gasteiger partial charge in [-0.05, 0) is 37.5 Å². The second-order valence-corrected chi connectivity index (χ2v) is 6.93. The van der Waals surface area contributed by atoms with E-state index in [1.807, 2.05) is 0 Å². The molecule has 0 radical (unpaired) electrons. The second kappa shape index (κ2) is 7.10. The van der Waals surface area contributed by atoms with Crippen molar-refractivity contribution >= 4 is 11.6 Å². The Kier molecular flexibility index (Phi) is 5.43. The minimum Gasteiger partial charge on any atom is -0.370 e. The number of hydrogen-bond acceptors (Lipinski definition) is 4. The van der Waals surface area contributed by atoms with Gasteiger partial charge in [0.05, 0.1) is 0 Å². The maximum absolute atomic E-state index is 4.50. The summed E-state index contributed by atoms with van der Waals surface area (Å²) in [6, 6.07) is 0.535. The first kappa shape index (κ1) is 16.1. The average molecular weight is 290 g/mol. The molecule has 4 nitrogen and oxygen atoms in total. The van der Waals surface area contributed by atoms with Crippen molar-refractivity contribution in [3.63, 3.8) is 0 Å². The predicted octanol–water partition coefficient (Wildman–Crippen LogP) is 4.24. The van der Waals surface area contributed by atoms with Crippen LogP contribution in [-0.2, 0) is 6.42 Å². The molecule has 1 fully saturated rings. The fourth-order valence-electron chi connectivity index (χ4n) is 3.28. The van der Waals surface area contributed by atoms with Crippen molar-refractivity contribution in [3.8, 4) is 0 Å². The molecule has 2 N–H and O–H groups in total. The summed E-state index contributed by atoms with van der Waals surface area (Å²) in [5, 5.41) is 7.10. The zero-order chi connectivity index (χ0) is 15.3. The van der Waals surface area contributed by atoms with Gasteiger partial charge < -0.3 is 10.6 Å². The number of aromatic nitrogens is 2. The molecule has 1 unspecified atom stereocenters. The Balaban J connectivity index is 2.11. The van der Waals surface area contributed by atoms with Gasteiger partial charge >= 0.3 is 0 Å². The Bertz CT molecular complexity index is 456. The molecule has 1 saturated carbocycles. The summed E-state index contributed by atoms with van der Waals surface area (Å²) >= 11 is 0. The Hall–Kier alpha value is -1.32. The molecule has 2 rings (SSSR count). The number of hydrogen-bond donors (Lipinski definition) is 2. The van der Waals surface area contributed by atoms with E-state index in [4.69, 9.17) is 0 Å². The van der Waals surface area contributed by atoms with Gasteiger partial charge in [0, 0.05) is 18.2 Å². The molecular weight excluding hydrogens is 260 g/mol. The zero-order valence-electron chi connectivity index (χ0n) is 14.0. The molecule has 0 saturated heterocycles. The van der Waals surface area contributed by atoms with E-state index in [2.05, 4.69) is 48.3 Å². The van der Waals surface area contributed by atoms with E-state index in [0.717, 1.165) is 31.0 Å². The first-order chi connectivity index (χ1) is 10.1. The van der Waals surface area contributed by atoms with Gasteiger partial charge in [-0.3, -0.25) is 0 Å². The first-order valence-electron chi connectivity index (χ1n) is 8.40. The van der Waals surface area contributed by atoms with E-state index < -0.39 is 0 Å². The van der Waals surface area contributed by atoms with E-state index in [0.29, 0.717) is 11.5 Å². The third-order valence-electron chi connectivity index (χ3n) is 4.39. The summed E-state index contributed by atoms with van der Waals surface area (Å²) in [5.41, 5.74) is 1.66. The molecule has 0 amide bonds. The van der Waals surface area contributed by atoms with Crippen LogP contribution >= 0.6 is 0 Å². The number of nitrogens with one attached hydrogen (secondary N) is 2. The highest BCUT2D eigenvalue weighted by Crippen LogP contribution is 2.36. The van der Waals surface area contributed by atoms with Crippen molar-refractivity contribution in [2.24, 2.45) is 5.41 Å². The highest BCUT2D eigenvalue weighted by Gasteiger charge is 2.28. The van der Waals surface area contributed by atoms with Crippen LogP contribution in [0.25, 0.3) is 0 Å². The predicted molar refractivity (Wildman–Crippen MR) is 89.9 cm³/mol. The van der Waals surface area contributed by atoms with Crippen LogP contribution in [0.15, 0.2) is 6.33 Å². The van der Waals surface area contributed by atoms with Crippen LogP contribution < -0.4 is 10.6 Å². The van der Waals surface area contributed by atoms with Crippen LogP contribution in [0.3, 0.4) is 0 Å². The molecule has 0 aromatic carbocycles. The largest absolute Gasteiger partial charge is 0.370 e. The zero-order valence-corrected chi connectivity index (χ0v) is 14.0. The highest BCUT2D eigenvalue weighted by atomic mass is 15.1. The Labute approximate surface area is 129 Å². The molecule has 1 aromatic rings. The molecule has 1 heterocycles. The summed E-state index contributed by atoms with van der Waals surface area (Å²) in [6.45, 7) is 10.0. The maximum atomic E-state index is 4.50. The summed E-state index contributed by atoms with van der Waals surface area (Å²) in [6.07, 6.45) is 8.83. The van der Waals surface area contributed by atoms with Gasteiger partial charge in [0.15, 0.2) is 0 Å². The van der Waals surface area contributed by atoms with Crippen molar-refractivity contribution in [1.82, 2.24) is 9.97 Å². The normalized spacial score (nSPS) is 21.0. The van der Waals surface area contributed by atoms with Gasteiger partial charge in [0.25, 0.3) is 0 Å². The minimum absolute atomic E-state index is 0.443. The maximum Gasteiger partial charge on any atom is 0.134 e. The van der Waals surface area contributed by atoms with Crippen LogP contribution in [0.4, 0.5) is 11.6 Å². The summed E-state index contributed by atoms with van der Waals surface area (Å²) in [7, 11) is 0. The van der Waals surface area contributed by atoms with Crippen molar-refractivity contribution in [3.05, 3.63) is 11.9 Å². The van der Waals surface area contributed by atoms with Crippen molar-refractivity contribution < 1.29 is 0 Å². The van der Waals surface area contributed by atoms with Gasteiger partial charge in [-0.15, -0.1) is 0 Å². The molecule has 118 valence electrons. The lowest BCUT2D eigenvalue weighted by atomic mass is 9.75. The van der Waals surface area contributed by atoms with E-state index in [1.54, 1.807) is 6.33 Å². The molecule has 4 heteroatoms. The van der Waals surface area contributed by atoms with Crippen LogP contribution in [0.2, 0.25) is 0 Å². The first-order valence-corrected chi connectivity index (χ1v) is 8.40. The Morgan fingerprint density at radius 1 is 1.24 bits per heavy atom. The van der Waals surface area contributed by atoms with E-state index in [1.165, 1.54) is 31.2 Å². The number of anilines is 2. The molecule has 1 aliphatic rings. The summed E-state index contributed by atoms with van der Waals surface area (Å²) < 4.78 is 0. The van der Waals surface area contributed by atoms with Crippen LogP contribution in [0, 0.1) is 5.41 Å². The molecule has 1 aliphatic carbocycles. The summed E-state index contributed by atoms with van der Waals surface area (Å²) in [5.74, 6) is 2.01. The van der Waals surface area contributed by atoms with E-state index in [9.17, 15) is 0 Å². The van der Waals surface area contributed by atoms with Gasteiger partial charge in [-0.1, -0.05) is 34.1 Å². The minimum atomic E-state index is 0.443. The van der Waals surface area contributed by atoms with Crippen molar-refractivity contribution in [2.45, 2.75) is 72.3 Å². The van der Waals surface area contributed by atoms with Crippen molar-refractivity contribution in [1.29, 1.82) is 0 Å². The lowest BCUT2D eigenvalue weighted by Gasteiger charge is -2.36. The van der Waals surface area contributed by atoms with Crippen LogP contribution in [0.1, 0.15) is 65.4 Å². The van der Waals surface area contributed by atoms with Crippen LogP contribution in [0.5, 0.6) is 0 Å². The molecule has 0 aliphatic heterocycles. The summed E-state index contributed by atoms with van der Waals surface area (Å²) in [4.78, 5) is 8.91. The molecule has 1 aromatic heterocycles. The third kappa shape index (κ3) is 4.32.